The fraction of sp³-hybridized carbons (Fsp3) is 0.412. The maximum atomic E-state index is 10.3. The number of aryl methyl sites for hydroxylation is 1. The maximum absolute atomic E-state index is 10.3. The van der Waals surface area contributed by atoms with Crippen LogP contribution < -0.4 is 10.6 Å². The second-order valence-corrected chi connectivity index (χ2v) is 5.94. The minimum absolute atomic E-state index is 0.321. The highest BCUT2D eigenvalue weighted by Gasteiger charge is 2.21. The van der Waals surface area contributed by atoms with Crippen LogP contribution in [0.3, 0.4) is 0 Å². The summed E-state index contributed by atoms with van der Waals surface area (Å²) in [5.41, 5.74) is 7.58. The third-order valence-electron chi connectivity index (χ3n) is 4.17. The molecule has 1 aliphatic rings. The van der Waals surface area contributed by atoms with Crippen LogP contribution in [0.15, 0.2) is 36.4 Å². The quantitative estimate of drug-likeness (QED) is 0.884. The van der Waals surface area contributed by atoms with E-state index in [-0.39, 0.29) is 0 Å². The molecule has 0 radical (unpaired) electrons. The molecule has 0 amide bonds. The molecule has 1 saturated heterocycles. The van der Waals surface area contributed by atoms with E-state index in [1.165, 1.54) is 0 Å². The van der Waals surface area contributed by atoms with Gasteiger partial charge in [-0.05, 0) is 12.5 Å². The predicted octanol–water partition coefficient (Wildman–Crippen LogP) is 1.22. The first-order chi connectivity index (χ1) is 11.1. The molecule has 1 aliphatic heterocycles. The van der Waals surface area contributed by atoms with E-state index in [1.807, 2.05) is 43.3 Å². The van der Waals surface area contributed by atoms with Crippen molar-refractivity contribution in [3.63, 3.8) is 0 Å². The van der Waals surface area contributed by atoms with Crippen molar-refractivity contribution < 1.29 is 5.11 Å². The molecule has 6 nitrogen and oxygen atoms in total. The molecule has 2 aromatic rings. The molecule has 1 fully saturated rings. The van der Waals surface area contributed by atoms with Crippen LogP contribution in [0.1, 0.15) is 17.4 Å². The molecule has 23 heavy (non-hydrogen) atoms. The van der Waals surface area contributed by atoms with E-state index < -0.39 is 6.10 Å². The highest BCUT2D eigenvalue weighted by Crippen LogP contribution is 2.18. The minimum atomic E-state index is -0.445. The molecule has 122 valence electrons. The minimum Gasteiger partial charge on any atom is -0.387 e. The van der Waals surface area contributed by atoms with Crippen molar-refractivity contribution in [2.45, 2.75) is 13.0 Å². The number of rotatable bonds is 4. The van der Waals surface area contributed by atoms with Crippen molar-refractivity contribution in [2.75, 3.05) is 43.4 Å². The zero-order valence-electron chi connectivity index (χ0n) is 13.4. The van der Waals surface area contributed by atoms with Crippen molar-refractivity contribution >= 4 is 11.8 Å². The summed E-state index contributed by atoms with van der Waals surface area (Å²) in [5.74, 6) is 1.21. The number of anilines is 2. The van der Waals surface area contributed by atoms with Crippen LogP contribution in [0.2, 0.25) is 0 Å². The van der Waals surface area contributed by atoms with Crippen LogP contribution in [0.4, 0.5) is 11.8 Å². The molecule has 1 atom stereocenters. The number of benzene rings is 1. The molecule has 1 aromatic carbocycles. The van der Waals surface area contributed by atoms with Crippen molar-refractivity contribution in [1.82, 2.24) is 14.9 Å². The lowest BCUT2D eigenvalue weighted by molar-refractivity contribution is 0.109. The zero-order chi connectivity index (χ0) is 16.2. The Bertz CT molecular complexity index is 620. The van der Waals surface area contributed by atoms with Crippen LogP contribution in [0.5, 0.6) is 0 Å². The normalized spacial score (nSPS) is 17.2. The molecule has 1 aromatic heterocycles. The number of nitrogen functional groups attached to an aromatic ring is 1. The van der Waals surface area contributed by atoms with E-state index in [2.05, 4.69) is 19.8 Å². The van der Waals surface area contributed by atoms with Gasteiger partial charge in [-0.2, -0.15) is 4.98 Å². The monoisotopic (exact) mass is 313 g/mol. The number of aromatic nitrogens is 2. The highest BCUT2D eigenvalue weighted by molar-refractivity contribution is 5.43. The summed E-state index contributed by atoms with van der Waals surface area (Å²) in [6.45, 7) is 6.12. The van der Waals surface area contributed by atoms with Crippen molar-refractivity contribution in [3.05, 3.63) is 47.7 Å². The number of piperazine rings is 1. The molecule has 3 N–H and O–H groups in total. The Kier molecular flexibility index (Phi) is 4.73. The Morgan fingerprint density at radius 1 is 1.13 bits per heavy atom. The summed E-state index contributed by atoms with van der Waals surface area (Å²) in [6, 6.07) is 11.8. The van der Waals surface area contributed by atoms with Crippen LogP contribution in [0.25, 0.3) is 0 Å². The number of hydrogen-bond acceptors (Lipinski definition) is 6. The van der Waals surface area contributed by atoms with Crippen molar-refractivity contribution in [2.24, 2.45) is 0 Å². The topological polar surface area (TPSA) is 78.5 Å². The van der Waals surface area contributed by atoms with Crippen LogP contribution >= 0.6 is 0 Å². The van der Waals surface area contributed by atoms with Gasteiger partial charge in [0.15, 0.2) is 0 Å². The maximum Gasteiger partial charge on any atom is 0.222 e. The first-order valence-corrected chi connectivity index (χ1v) is 7.93. The Balaban J connectivity index is 1.56. The second-order valence-electron chi connectivity index (χ2n) is 5.94. The first-order valence-electron chi connectivity index (χ1n) is 7.93. The van der Waals surface area contributed by atoms with Gasteiger partial charge in [0.25, 0.3) is 0 Å². The number of hydrogen-bond donors (Lipinski definition) is 2. The van der Waals surface area contributed by atoms with Gasteiger partial charge < -0.3 is 15.7 Å². The average molecular weight is 313 g/mol. The Labute approximate surface area is 136 Å². The second kappa shape index (κ2) is 6.93. The molecule has 0 bridgehead atoms. The molecule has 6 heteroatoms. The molecule has 0 aliphatic carbocycles. The molecule has 2 heterocycles. The standard InChI is InChI=1S/C17H23N5O/c1-13-11-16(20-17(18)19-13)22-9-7-21(8-10-22)12-15(23)14-5-3-2-4-6-14/h2-6,11,15,23H,7-10,12H2,1H3,(H2,18,19,20)/t15-/m1/s1. The highest BCUT2D eigenvalue weighted by atomic mass is 16.3. The Morgan fingerprint density at radius 2 is 1.83 bits per heavy atom. The van der Waals surface area contributed by atoms with Gasteiger partial charge >= 0.3 is 0 Å². The van der Waals surface area contributed by atoms with Crippen molar-refractivity contribution in [1.29, 1.82) is 0 Å². The first kappa shape index (κ1) is 15.7. The number of aliphatic hydroxyl groups is 1. The Morgan fingerprint density at radius 3 is 2.48 bits per heavy atom. The zero-order valence-corrected chi connectivity index (χ0v) is 13.4. The number of nitrogens with zero attached hydrogens (tertiary/aromatic N) is 4. The number of nitrogens with two attached hydrogens (primary N) is 1. The van der Waals surface area contributed by atoms with Gasteiger partial charge in [-0.1, -0.05) is 30.3 Å². The summed E-state index contributed by atoms with van der Waals surface area (Å²) in [4.78, 5) is 12.9. The van der Waals surface area contributed by atoms with Crippen LogP contribution in [0, 0.1) is 6.92 Å². The molecule has 0 saturated carbocycles. The summed E-state index contributed by atoms with van der Waals surface area (Å²) in [7, 11) is 0. The SMILES string of the molecule is Cc1cc(N2CCN(C[C@@H](O)c3ccccc3)CC2)nc(N)n1. The smallest absolute Gasteiger partial charge is 0.222 e. The predicted molar refractivity (Wildman–Crippen MR) is 91.2 cm³/mol. The summed E-state index contributed by atoms with van der Waals surface area (Å²) >= 11 is 0. The van der Waals surface area contributed by atoms with Gasteiger partial charge in [0.05, 0.1) is 6.10 Å². The van der Waals surface area contributed by atoms with Gasteiger partial charge in [0.1, 0.15) is 5.82 Å². The lowest BCUT2D eigenvalue weighted by Gasteiger charge is -2.36. The molecular formula is C17H23N5O. The number of β-amino-alcohol motifs (C(OH)–C–C–N with tert-alkyl or cyclic N) is 1. The van der Waals surface area contributed by atoms with E-state index >= 15 is 0 Å². The molecular weight excluding hydrogens is 290 g/mol. The van der Waals surface area contributed by atoms with E-state index in [1.54, 1.807) is 0 Å². The van der Waals surface area contributed by atoms with Gasteiger partial charge in [0, 0.05) is 44.5 Å². The van der Waals surface area contributed by atoms with Crippen LogP contribution in [-0.4, -0.2) is 52.7 Å². The molecule has 0 unspecified atom stereocenters. The summed E-state index contributed by atoms with van der Waals surface area (Å²) in [5, 5.41) is 10.3. The van der Waals surface area contributed by atoms with Gasteiger partial charge in [-0.15, -0.1) is 0 Å². The third-order valence-corrected chi connectivity index (χ3v) is 4.17. The molecule has 0 spiro atoms. The fourth-order valence-electron chi connectivity index (χ4n) is 2.92. The van der Waals surface area contributed by atoms with Crippen molar-refractivity contribution in [3.8, 4) is 0 Å². The van der Waals surface area contributed by atoms with E-state index in [0.29, 0.717) is 12.5 Å². The molecule has 3 rings (SSSR count). The van der Waals surface area contributed by atoms with Crippen LogP contribution in [-0.2, 0) is 0 Å². The number of aliphatic hydroxyl groups excluding tert-OH is 1. The lowest BCUT2D eigenvalue weighted by Crippen LogP contribution is -2.47. The van der Waals surface area contributed by atoms with Gasteiger partial charge in [-0.25, -0.2) is 4.98 Å². The van der Waals surface area contributed by atoms with E-state index in [0.717, 1.165) is 43.3 Å². The van der Waals surface area contributed by atoms with Gasteiger partial charge in [0.2, 0.25) is 5.95 Å². The van der Waals surface area contributed by atoms with E-state index in [9.17, 15) is 5.11 Å². The van der Waals surface area contributed by atoms with Gasteiger partial charge in [-0.3, -0.25) is 4.90 Å². The third kappa shape index (κ3) is 3.97. The largest absolute Gasteiger partial charge is 0.387 e. The fourth-order valence-corrected chi connectivity index (χ4v) is 2.92. The Hall–Kier alpha value is -2.18. The summed E-state index contributed by atoms with van der Waals surface area (Å²) < 4.78 is 0. The average Bonchev–Trinajstić information content (AvgIpc) is 2.55. The lowest BCUT2D eigenvalue weighted by atomic mass is 10.1. The summed E-state index contributed by atoms with van der Waals surface area (Å²) in [6.07, 6.45) is -0.445. The van der Waals surface area contributed by atoms with E-state index in [4.69, 9.17) is 5.73 Å².